The fourth-order valence-corrected chi connectivity index (χ4v) is 1.61. The number of benzene rings is 1. The largest absolute Gasteiger partial charge is 0.496 e. The zero-order valence-electron chi connectivity index (χ0n) is 9.28. The Morgan fingerprint density at radius 1 is 1.41 bits per heavy atom. The molecule has 1 heterocycles. The zero-order valence-corrected chi connectivity index (χ0v) is 10.8. The van der Waals surface area contributed by atoms with Gasteiger partial charge in [-0.3, -0.25) is 0 Å². The van der Waals surface area contributed by atoms with Crippen LogP contribution >= 0.6 is 23.2 Å². The van der Waals surface area contributed by atoms with Crippen molar-refractivity contribution in [3.05, 3.63) is 29.1 Å². The summed E-state index contributed by atoms with van der Waals surface area (Å²) in [5, 5.41) is 4.11. The van der Waals surface area contributed by atoms with Gasteiger partial charge in [-0.05, 0) is 25.1 Å². The Bertz CT molecular complexity index is 526. The highest BCUT2D eigenvalue weighted by Gasteiger charge is 2.16. The molecule has 0 spiro atoms. The predicted octanol–water partition coefficient (Wildman–Crippen LogP) is 3.70. The molecule has 4 nitrogen and oxygen atoms in total. The molecule has 0 aliphatic rings. The molecular formula is C11H10Cl2N2O2. The standard InChI is InChI=1S/C11H10Cl2N2O2/c1-6(12)11-14-10(15-17-11)8-4-3-7(13)5-9(8)16-2/h3-6H,1-2H3. The van der Waals surface area contributed by atoms with Crippen molar-refractivity contribution in [2.24, 2.45) is 0 Å². The Hall–Kier alpha value is -1.26. The summed E-state index contributed by atoms with van der Waals surface area (Å²) in [5.41, 5.74) is 0.712. The number of nitrogens with zero attached hydrogens (tertiary/aromatic N) is 2. The summed E-state index contributed by atoms with van der Waals surface area (Å²) < 4.78 is 10.2. The molecule has 0 radical (unpaired) electrons. The third-order valence-electron chi connectivity index (χ3n) is 2.19. The molecule has 0 saturated heterocycles. The van der Waals surface area contributed by atoms with E-state index in [4.69, 9.17) is 32.5 Å². The van der Waals surface area contributed by atoms with Gasteiger partial charge < -0.3 is 9.26 Å². The minimum Gasteiger partial charge on any atom is -0.496 e. The van der Waals surface area contributed by atoms with Crippen LogP contribution in [-0.4, -0.2) is 17.3 Å². The molecule has 17 heavy (non-hydrogen) atoms. The number of hydrogen-bond acceptors (Lipinski definition) is 4. The van der Waals surface area contributed by atoms with Crippen LogP contribution in [-0.2, 0) is 0 Å². The van der Waals surface area contributed by atoms with E-state index in [0.717, 1.165) is 0 Å². The van der Waals surface area contributed by atoms with Crippen LogP contribution in [0.1, 0.15) is 18.2 Å². The molecule has 0 N–H and O–H groups in total. The summed E-state index contributed by atoms with van der Waals surface area (Å²) in [6.45, 7) is 1.76. The van der Waals surface area contributed by atoms with E-state index in [9.17, 15) is 0 Å². The van der Waals surface area contributed by atoms with Crippen molar-refractivity contribution in [3.8, 4) is 17.1 Å². The molecular weight excluding hydrogens is 263 g/mol. The van der Waals surface area contributed by atoms with E-state index in [1.165, 1.54) is 0 Å². The molecule has 90 valence electrons. The number of ether oxygens (including phenoxy) is 1. The van der Waals surface area contributed by atoms with E-state index in [-0.39, 0.29) is 5.38 Å². The topological polar surface area (TPSA) is 48.2 Å². The molecule has 1 atom stereocenters. The van der Waals surface area contributed by atoms with Crippen LogP contribution in [0, 0.1) is 0 Å². The van der Waals surface area contributed by atoms with E-state index < -0.39 is 0 Å². The van der Waals surface area contributed by atoms with Crippen molar-refractivity contribution in [2.75, 3.05) is 7.11 Å². The highest BCUT2D eigenvalue weighted by atomic mass is 35.5. The predicted molar refractivity (Wildman–Crippen MR) is 65.6 cm³/mol. The average Bonchev–Trinajstić information content (AvgIpc) is 2.78. The van der Waals surface area contributed by atoms with Crippen LogP contribution in [0.2, 0.25) is 5.02 Å². The third kappa shape index (κ3) is 2.53. The van der Waals surface area contributed by atoms with Gasteiger partial charge in [-0.15, -0.1) is 11.6 Å². The van der Waals surface area contributed by atoms with Gasteiger partial charge in [0.2, 0.25) is 11.7 Å². The Balaban J connectivity index is 2.44. The van der Waals surface area contributed by atoms with Crippen molar-refractivity contribution < 1.29 is 9.26 Å². The maximum absolute atomic E-state index is 5.87. The Labute approximate surface area is 108 Å². The zero-order chi connectivity index (χ0) is 12.4. The van der Waals surface area contributed by atoms with Crippen molar-refractivity contribution in [2.45, 2.75) is 12.3 Å². The van der Waals surface area contributed by atoms with Crippen molar-refractivity contribution in [1.29, 1.82) is 0 Å². The third-order valence-corrected chi connectivity index (χ3v) is 2.61. The van der Waals surface area contributed by atoms with Gasteiger partial charge in [0.05, 0.1) is 12.7 Å². The summed E-state index contributed by atoms with van der Waals surface area (Å²) in [6, 6.07) is 5.20. The fourth-order valence-electron chi connectivity index (χ4n) is 1.36. The molecule has 1 aromatic carbocycles. The lowest BCUT2D eigenvalue weighted by atomic mass is 10.2. The van der Waals surface area contributed by atoms with Crippen LogP contribution in [0.3, 0.4) is 0 Å². The number of halogens is 2. The van der Waals surface area contributed by atoms with Gasteiger partial charge in [0.15, 0.2) is 0 Å². The Morgan fingerprint density at radius 2 is 2.18 bits per heavy atom. The molecule has 0 saturated carbocycles. The van der Waals surface area contributed by atoms with E-state index in [0.29, 0.717) is 28.1 Å². The van der Waals surface area contributed by atoms with Crippen LogP contribution in [0.5, 0.6) is 5.75 Å². The van der Waals surface area contributed by atoms with Crippen LogP contribution < -0.4 is 4.74 Å². The number of alkyl halides is 1. The molecule has 0 fully saturated rings. The lowest BCUT2D eigenvalue weighted by Crippen LogP contribution is -1.90. The number of methoxy groups -OCH3 is 1. The summed E-state index contributed by atoms with van der Waals surface area (Å²) >= 11 is 11.7. The van der Waals surface area contributed by atoms with Gasteiger partial charge >= 0.3 is 0 Å². The second-order valence-electron chi connectivity index (χ2n) is 3.42. The molecule has 0 bridgehead atoms. The number of aromatic nitrogens is 2. The van der Waals surface area contributed by atoms with Crippen LogP contribution in [0.25, 0.3) is 11.4 Å². The average molecular weight is 273 g/mol. The summed E-state index contributed by atoms with van der Waals surface area (Å²) in [4.78, 5) is 4.19. The Morgan fingerprint density at radius 3 is 2.76 bits per heavy atom. The van der Waals surface area contributed by atoms with Gasteiger partial charge in [-0.1, -0.05) is 16.8 Å². The number of rotatable bonds is 3. The first kappa shape index (κ1) is 12.2. The molecule has 0 aliphatic heterocycles. The van der Waals surface area contributed by atoms with Gasteiger partial charge in [0, 0.05) is 5.02 Å². The van der Waals surface area contributed by atoms with E-state index in [1.54, 1.807) is 32.2 Å². The minimum absolute atomic E-state index is 0.324. The molecule has 0 aliphatic carbocycles. The molecule has 2 aromatic rings. The summed E-state index contributed by atoms with van der Waals surface area (Å²) in [7, 11) is 1.56. The minimum atomic E-state index is -0.324. The SMILES string of the molecule is COc1cc(Cl)ccc1-c1noc(C(C)Cl)n1. The highest BCUT2D eigenvalue weighted by Crippen LogP contribution is 2.31. The van der Waals surface area contributed by atoms with Crippen LogP contribution in [0.4, 0.5) is 0 Å². The molecule has 1 aromatic heterocycles. The Kier molecular flexibility index (Phi) is 3.54. The van der Waals surface area contributed by atoms with Crippen molar-refractivity contribution in [1.82, 2.24) is 10.1 Å². The van der Waals surface area contributed by atoms with Gasteiger partial charge in [0.1, 0.15) is 11.1 Å². The maximum Gasteiger partial charge on any atom is 0.244 e. The summed E-state index contributed by atoms with van der Waals surface area (Å²) in [5.74, 6) is 1.40. The first-order valence-electron chi connectivity index (χ1n) is 4.93. The smallest absolute Gasteiger partial charge is 0.244 e. The maximum atomic E-state index is 5.87. The van der Waals surface area contributed by atoms with Crippen molar-refractivity contribution in [3.63, 3.8) is 0 Å². The fraction of sp³-hybridized carbons (Fsp3) is 0.273. The van der Waals surface area contributed by atoms with Crippen LogP contribution in [0.15, 0.2) is 22.7 Å². The van der Waals surface area contributed by atoms with E-state index >= 15 is 0 Å². The molecule has 1 unspecified atom stereocenters. The lowest BCUT2D eigenvalue weighted by Gasteiger charge is -2.04. The van der Waals surface area contributed by atoms with Gasteiger partial charge in [0.25, 0.3) is 0 Å². The lowest BCUT2D eigenvalue weighted by molar-refractivity contribution is 0.378. The van der Waals surface area contributed by atoms with Crippen molar-refractivity contribution >= 4 is 23.2 Å². The second-order valence-corrected chi connectivity index (χ2v) is 4.51. The molecule has 6 heteroatoms. The van der Waals surface area contributed by atoms with E-state index in [2.05, 4.69) is 10.1 Å². The quantitative estimate of drug-likeness (QED) is 0.800. The monoisotopic (exact) mass is 272 g/mol. The first-order valence-corrected chi connectivity index (χ1v) is 5.75. The highest BCUT2D eigenvalue weighted by molar-refractivity contribution is 6.30. The second kappa shape index (κ2) is 4.94. The van der Waals surface area contributed by atoms with Gasteiger partial charge in [-0.25, -0.2) is 0 Å². The molecule has 2 rings (SSSR count). The van der Waals surface area contributed by atoms with E-state index in [1.807, 2.05) is 0 Å². The van der Waals surface area contributed by atoms with Gasteiger partial charge in [-0.2, -0.15) is 4.98 Å². The normalized spacial score (nSPS) is 12.5. The molecule has 0 amide bonds. The first-order chi connectivity index (χ1) is 8.11. The number of hydrogen-bond donors (Lipinski definition) is 0. The summed E-state index contributed by atoms with van der Waals surface area (Å²) in [6.07, 6.45) is 0.